The molecule has 0 saturated carbocycles. The van der Waals surface area contributed by atoms with Crippen molar-refractivity contribution in [2.75, 3.05) is 19.6 Å². The molecule has 1 fully saturated rings. The number of likely N-dealkylation sites (tertiary alicyclic amines) is 1. The largest absolute Gasteiger partial charge is 0.380 e. The maximum absolute atomic E-state index is 13.1. The molecule has 1 saturated heterocycles. The molecule has 1 N–H and O–H groups in total. The highest BCUT2D eigenvalue weighted by atomic mass is 32.2. The molecule has 1 unspecified atom stereocenters. The molecule has 154 valence electrons. The third-order valence-electron chi connectivity index (χ3n) is 5.78. The van der Waals surface area contributed by atoms with Crippen LogP contribution >= 0.6 is 11.8 Å². The maximum Gasteiger partial charge on any atom is 0.257 e. The van der Waals surface area contributed by atoms with E-state index in [0.29, 0.717) is 22.7 Å². The van der Waals surface area contributed by atoms with Gasteiger partial charge in [0, 0.05) is 29.3 Å². The molecule has 4 rings (SSSR count). The van der Waals surface area contributed by atoms with Gasteiger partial charge in [-0.25, -0.2) is 9.37 Å². The zero-order valence-electron chi connectivity index (χ0n) is 16.3. The van der Waals surface area contributed by atoms with E-state index in [1.54, 1.807) is 16.7 Å². The Bertz CT molecular complexity index is 968. The van der Waals surface area contributed by atoms with Gasteiger partial charge in [-0.1, -0.05) is 11.8 Å². The lowest BCUT2D eigenvalue weighted by molar-refractivity contribution is 0.0841. The molecule has 0 aliphatic carbocycles. The topological polar surface area (TPSA) is 75.4 Å². The molecule has 1 atom stereocenters. The number of aryl methyl sites for hydroxylation is 1. The highest BCUT2D eigenvalue weighted by molar-refractivity contribution is 7.99. The van der Waals surface area contributed by atoms with Crippen LogP contribution in [0.3, 0.4) is 0 Å². The highest BCUT2D eigenvalue weighted by Crippen LogP contribution is 2.28. The number of aliphatic hydroxyl groups excluding tert-OH is 1. The number of halogens is 1. The molecule has 0 amide bonds. The molecule has 29 heavy (non-hydrogen) atoms. The Morgan fingerprint density at radius 2 is 1.97 bits per heavy atom. The van der Waals surface area contributed by atoms with Gasteiger partial charge in [-0.2, -0.15) is 0 Å². The molecule has 2 aromatic rings. The third-order valence-corrected chi connectivity index (χ3v) is 6.72. The van der Waals surface area contributed by atoms with E-state index < -0.39 is 5.44 Å². The summed E-state index contributed by atoms with van der Waals surface area (Å²) in [5.41, 5.74) is 1.33. The number of rotatable bonds is 5. The summed E-state index contributed by atoms with van der Waals surface area (Å²) in [4.78, 5) is 32.1. The molecule has 6 nitrogen and oxygen atoms in total. The summed E-state index contributed by atoms with van der Waals surface area (Å²) in [5, 5.41) is 10.4. The monoisotopic (exact) mass is 417 g/mol. The van der Waals surface area contributed by atoms with E-state index >= 15 is 0 Å². The van der Waals surface area contributed by atoms with Crippen molar-refractivity contribution >= 4 is 17.5 Å². The predicted molar refractivity (Wildman–Crippen MR) is 109 cm³/mol. The van der Waals surface area contributed by atoms with Gasteiger partial charge >= 0.3 is 0 Å². The number of thioether (sulfide) groups is 1. The van der Waals surface area contributed by atoms with Crippen molar-refractivity contribution in [2.24, 2.45) is 5.92 Å². The van der Waals surface area contributed by atoms with Crippen molar-refractivity contribution in [2.45, 2.75) is 43.3 Å². The lowest BCUT2D eigenvalue weighted by atomic mass is 9.89. The van der Waals surface area contributed by atoms with Gasteiger partial charge in [0.2, 0.25) is 0 Å². The Kier molecular flexibility index (Phi) is 5.85. The van der Waals surface area contributed by atoms with Gasteiger partial charge in [0.15, 0.2) is 10.9 Å². The molecular formula is C21H24FN3O3S. The van der Waals surface area contributed by atoms with Gasteiger partial charge in [0.25, 0.3) is 5.56 Å². The van der Waals surface area contributed by atoms with Crippen molar-refractivity contribution in [3.05, 3.63) is 57.3 Å². The summed E-state index contributed by atoms with van der Waals surface area (Å²) in [5.74, 6) is -0.293. The first-order chi connectivity index (χ1) is 13.9. The molecule has 0 spiro atoms. The van der Waals surface area contributed by atoms with Crippen molar-refractivity contribution < 1.29 is 14.3 Å². The average Bonchev–Trinajstić information content (AvgIpc) is 3.08. The second-order valence-corrected chi connectivity index (χ2v) is 8.83. The number of hydrogen-bond donors (Lipinski definition) is 1. The van der Waals surface area contributed by atoms with E-state index in [1.165, 1.54) is 23.9 Å². The lowest BCUT2D eigenvalue weighted by Gasteiger charge is -2.31. The van der Waals surface area contributed by atoms with Crippen LogP contribution in [0.25, 0.3) is 0 Å². The number of piperidine rings is 1. The standard InChI is InChI=1S/C21H24FN3O3S/c1-13-17(20(28)25-12-18(26)29-21(25)23-13)8-11-24-9-6-15(7-10-24)19(27)14-2-4-16(22)5-3-14/h2-5,15,18,26H,6-12H2,1H3. The number of aliphatic hydroxyl groups is 1. The SMILES string of the molecule is Cc1nc2n(c(=O)c1CCN1CCC(C(=O)c3ccc(F)cc3)CC1)CC(O)S2. The van der Waals surface area contributed by atoms with Gasteiger partial charge in [0.05, 0.1) is 6.54 Å². The number of ketones is 1. The van der Waals surface area contributed by atoms with Crippen LogP contribution in [0.1, 0.15) is 34.5 Å². The van der Waals surface area contributed by atoms with Gasteiger partial charge < -0.3 is 10.0 Å². The molecular weight excluding hydrogens is 393 g/mol. The number of aromatic nitrogens is 2. The second-order valence-electron chi connectivity index (χ2n) is 7.68. The van der Waals surface area contributed by atoms with Crippen LogP contribution in [0.5, 0.6) is 0 Å². The minimum Gasteiger partial charge on any atom is -0.380 e. The zero-order chi connectivity index (χ0) is 20.5. The lowest BCUT2D eigenvalue weighted by Crippen LogP contribution is -2.38. The van der Waals surface area contributed by atoms with Crippen molar-refractivity contribution in [1.82, 2.24) is 14.5 Å². The van der Waals surface area contributed by atoms with E-state index in [9.17, 15) is 19.1 Å². The quantitative estimate of drug-likeness (QED) is 0.594. The minimum atomic E-state index is -0.609. The first-order valence-electron chi connectivity index (χ1n) is 9.89. The van der Waals surface area contributed by atoms with Gasteiger partial charge in [0.1, 0.15) is 11.3 Å². The fourth-order valence-electron chi connectivity index (χ4n) is 4.07. The molecule has 0 radical (unpaired) electrons. The minimum absolute atomic E-state index is 0.0377. The van der Waals surface area contributed by atoms with Crippen LogP contribution in [0.15, 0.2) is 34.2 Å². The Morgan fingerprint density at radius 1 is 1.28 bits per heavy atom. The average molecular weight is 418 g/mol. The molecule has 3 heterocycles. The van der Waals surface area contributed by atoms with Crippen LogP contribution < -0.4 is 5.56 Å². The van der Waals surface area contributed by atoms with E-state index in [4.69, 9.17) is 0 Å². The Balaban J connectivity index is 1.34. The van der Waals surface area contributed by atoms with Crippen molar-refractivity contribution in [3.63, 3.8) is 0 Å². The zero-order valence-corrected chi connectivity index (χ0v) is 17.1. The second kappa shape index (κ2) is 8.38. The normalized spacial score (nSPS) is 20.0. The maximum atomic E-state index is 13.1. The number of benzene rings is 1. The Labute approximate surface area is 172 Å². The molecule has 2 aliphatic heterocycles. The van der Waals surface area contributed by atoms with Crippen LogP contribution in [-0.2, 0) is 13.0 Å². The van der Waals surface area contributed by atoms with E-state index in [1.807, 2.05) is 6.92 Å². The first kappa shape index (κ1) is 20.3. The summed E-state index contributed by atoms with van der Waals surface area (Å²) < 4.78 is 14.6. The number of hydrogen-bond acceptors (Lipinski definition) is 6. The van der Waals surface area contributed by atoms with E-state index in [-0.39, 0.29) is 29.6 Å². The van der Waals surface area contributed by atoms with Crippen LogP contribution in [0.2, 0.25) is 0 Å². The Hall–Kier alpha value is -2.03. The fourth-order valence-corrected chi connectivity index (χ4v) is 5.01. The number of carbonyl (C=O) groups is 1. The summed E-state index contributed by atoms with van der Waals surface area (Å²) in [7, 11) is 0. The van der Waals surface area contributed by atoms with Crippen molar-refractivity contribution in [1.29, 1.82) is 0 Å². The van der Waals surface area contributed by atoms with E-state index in [2.05, 4.69) is 9.88 Å². The van der Waals surface area contributed by atoms with Crippen LogP contribution in [0.4, 0.5) is 4.39 Å². The molecule has 2 aliphatic rings. The third kappa shape index (κ3) is 4.29. The van der Waals surface area contributed by atoms with E-state index in [0.717, 1.165) is 38.2 Å². The smallest absolute Gasteiger partial charge is 0.257 e. The Morgan fingerprint density at radius 3 is 2.66 bits per heavy atom. The number of fused-ring (bicyclic) bond motifs is 1. The first-order valence-corrected chi connectivity index (χ1v) is 10.8. The number of Topliss-reactive ketones (excluding diaryl/α,β-unsaturated/α-hetero) is 1. The fraction of sp³-hybridized carbons (Fsp3) is 0.476. The van der Waals surface area contributed by atoms with Gasteiger partial charge in [-0.15, -0.1) is 0 Å². The van der Waals surface area contributed by atoms with Gasteiger partial charge in [-0.3, -0.25) is 14.2 Å². The molecule has 8 heteroatoms. The molecule has 1 aromatic carbocycles. The van der Waals surface area contributed by atoms with Gasteiger partial charge in [-0.05, 0) is 63.5 Å². The molecule has 1 aromatic heterocycles. The summed E-state index contributed by atoms with van der Waals surface area (Å²) >= 11 is 1.22. The summed E-state index contributed by atoms with van der Waals surface area (Å²) in [6, 6.07) is 5.75. The highest BCUT2D eigenvalue weighted by Gasteiger charge is 2.27. The molecule has 0 bridgehead atoms. The predicted octanol–water partition coefficient (Wildman–Crippen LogP) is 2.25. The van der Waals surface area contributed by atoms with Crippen LogP contribution in [-0.4, -0.2) is 50.4 Å². The number of nitrogens with zero attached hydrogens (tertiary/aromatic N) is 3. The summed E-state index contributed by atoms with van der Waals surface area (Å²) in [6.07, 6.45) is 2.13. The van der Waals surface area contributed by atoms with Crippen molar-refractivity contribution in [3.8, 4) is 0 Å². The summed E-state index contributed by atoms with van der Waals surface area (Å²) in [6.45, 7) is 4.46. The van der Waals surface area contributed by atoms with Crippen LogP contribution in [0, 0.1) is 18.7 Å². The number of carbonyl (C=O) groups excluding carboxylic acids is 1.